The lowest BCUT2D eigenvalue weighted by Gasteiger charge is -2.12. The van der Waals surface area contributed by atoms with E-state index in [1.54, 1.807) is 0 Å². The Hall–Kier alpha value is -2.80. The van der Waals surface area contributed by atoms with E-state index < -0.39 is 11.6 Å². The first-order valence-electron chi connectivity index (χ1n) is 7.38. The average molecular weight is 362 g/mol. The summed E-state index contributed by atoms with van der Waals surface area (Å²) in [5.41, 5.74) is 2.30. The summed E-state index contributed by atoms with van der Waals surface area (Å²) >= 11 is 6.25. The number of hydrogen-bond donors (Lipinski definition) is 2. The zero-order valence-corrected chi connectivity index (χ0v) is 14.2. The molecule has 2 aromatic carbocycles. The standard InChI is InChI=1S/C17H14ClF2N5/c1-9-6-10(2)15(11(18)7-9)22-14-8-21-25-17(23-14)24-16-12(19)4-3-5-13(16)20/h3-8H,1-2H3,(H2,22,23,24,25). The molecule has 1 aromatic heterocycles. The number of halogens is 3. The summed E-state index contributed by atoms with van der Waals surface area (Å²) in [6, 6.07) is 7.33. The number of rotatable bonds is 4. The smallest absolute Gasteiger partial charge is 0.249 e. The van der Waals surface area contributed by atoms with Crippen LogP contribution in [0.15, 0.2) is 36.5 Å². The van der Waals surface area contributed by atoms with Gasteiger partial charge in [0.1, 0.15) is 17.3 Å². The molecule has 128 valence electrons. The highest BCUT2D eigenvalue weighted by Crippen LogP contribution is 2.30. The highest BCUT2D eigenvalue weighted by atomic mass is 35.5. The fourth-order valence-corrected chi connectivity index (χ4v) is 2.72. The highest BCUT2D eigenvalue weighted by Gasteiger charge is 2.12. The van der Waals surface area contributed by atoms with E-state index in [9.17, 15) is 8.78 Å². The average Bonchev–Trinajstić information content (AvgIpc) is 2.55. The lowest BCUT2D eigenvalue weighted by molar-refractivity contribution is 0.590. The molecule has 8 heteroatoms. The van der Waals surface area contributed by atoms with Crippen molar-refractivity contribution in [3.63, 3.8) is 0 Å². The van der Waals surface area contributed by atoms with Crippen LogP contribution in [0.4, 0.5) is 31.9 Å². The van der Waals surface area contributed by atoms with Gasteiger partial charge in [-0.3, -0.25) is 0 Å². The second kappa shape index (κ2) is 6.98. The summed E-state index contributed by atoms with van der Waals surface area (Å²) in [6.45, 7) is 3.85. The van der Waals surface area contributed by atoms with E-state index in [1.807, 2.05) is 26.0 Å². The van der Waals surface area contributed by atoms with Gasteiger partial charge in [0.25, 0.3) is 0 Å². The maximum absolute atomic E-state index is 13.7. The summed E-state index contributed by atoms with van der Waals surface area (Å²) in [7, 11) is 0. The highest BCUT2D eigenvalue weighted by molar-refractivity contribution is 6.33. The van der Waals surface area contributed by atoms with Crippen LogP contribution in [-0.4, -0.2) is 15.2 Å². The van der Waals surface area contributed by atoms with E-state index in [2.05, 4.69) is 25.8 Å². The van der Waals surface area contributed by atoms with Crippen molar-refractivity contribution in [2.45, 2.75) is 13.8 Å². The molecule has 0 saturated carbocycles. The zero-order valence-electron chi connectivity index (χ0n) is 13.4. The summed E-state index contributed by atoms with van der Waals surface area (Å²) in [4.78, 5) is 4.16. The van der Waals surface area contributed by atoms with Crippen LogP contribution in [0.1, 0.15) is 11.1 Å². The number of aromatic nitrogens is 3. The number of para-hydroxylation sites is 1. The molecule has 25 heavy (non-hydrogen) atoms. The Bertz CT molecular complexity index is 889. The van der Waals surface area contributed by atoms with Crippen molar-refractivity contribution in [3.05, 3.63) is 64.3 Å². The van der Waals surface area contributed by atoms with Crippen molar-refractivity contribution < 1.29 is 8.78 Å². The Morgan fingerprint density at radius 3 is 2.40 bits per heavy atom. The molecule has 3 rings (SSSR count). The lowest BCUT2D eigenvalue weighted by atomic mass is 10.1. The fraction of sp³-hybridized carbons (Fsp3) is 0.118. The maximum atomic E-state index is 13.7. The van der Waals surface area contributed by atoms with Crippen LogP contribution in [0.2, 0.25) is 5.02 Å². The van der Waals surface area contributed by atoms with Crippen LogP contribution in [-0.2, 0) is 0 Å². The molecule has 0 radical (unpaired) electrons. The zero-order chi connectivity index (χ0) is 18.0. The molecule has 3 aromatic rings. The van der Waals surface area contributed by atoms with Gasteiger partial charge in [0.05, 0.1) is 16.9 Å². The van der Waals surface area contributed by atoms with E-state index in [0.29, 0.717) is 16.5 Å². The van der Waals surface area contributed by atoms with Crippen LogP contribution >= 0.6 is 11.6 Å². The monoisotopic (exact) mass is 361 g/mol. The molecular weight excluding hydrogens is 348 g/mol. The first-order valence-corrected chi connectivity index (χ1v) is 7.76. The molecule has 0 aliphatic rings. The predicted octanol–water partition coefficient (Wildman–Crippen LogP) is 4.91. The van der Waals surface area contributed by atoms with Crippen molar-refractivity contribution in [2.24, 2.45) is 0 Å². The predicted molar refractivity (Wildman–Crippen MR) is 93.7 cm³/mol. The van der Waals surface area contributed by atoms with E-state index in [4.69, 9.17) is 11.6 Å². The number of nitrogens with one attached hydrogen (secondary N) is 2. The van der Waals surface area contributed by atoms with Crippen molar-refractivity contribution >= 4 is 34.7 Å². The summed E-state index contributed by atoms with van der Waals surface area (Å²) in [5, 5.41) is 13.6. The molecule has 2 N–H and O–H groups in total. The molecule has 0 saturated heterocycles. The van der Waals surface area contributed by atoms with Gasteiger partial charge in [0.2, 0.25) is 5.95 Å². The SMILES string of the molecule is Cc1cc(C)c(Nc2cnnc(Nc3c(F)cccc3F)n2)c(Cl)c1. The lowest BCUT2D eigenvalue weighted by Crippen LogP contribution is -2.05. The van der Waals surface area contributed by atoms with Crippen LogP contribution in [0.3, 0.4) is 0 Å². The van der Waals surface area contributed by atoms with Crippen molar-refractivity contribution in [2.75, 3.05) is 10.6 Å². The van der Waals surface area contributed by atoms with E-state index in [0.717, 1.165) is 23.3 Å². The fourth-order valence-electron chi connectivity index (χ4n) is 2.35. The number of anilines is 4. The summed E-state index contributed by atoms with van der Waals surface area (Å²) < 4.78 is 27.4. The van der Waals surface area contributed by atoms with Gasteiger partial charge in [0.15, 0.2) is 5.82 Å². The maximum Gasteiger partial charge on any atom is 0.249 e. The number of benzene rings is 2. The first kappa shape index (κ1) is 17.0. The Morgan fingerprint density at radius 2 is 1.72 bits per heavy atom. The molecule has 1 heterocycles. The molecule has 0 aliphatic heterocycles. The van der Waals surface area contributed by atoms with Crippen molar-refractivity contribution in [1.82, 2.24) is 15.2 Å². The molecule has 0 unspecified atom stereocenters. The minimum absolute atomic E-state index is 0.0464. The minimum Gasteiger partial charge on any atom is -0.337 e. The topological polar surface area (TPSA) is 62.7 Å². The van der Waals surface area contributed by atoms with Gasteiger partial charge < -0.3 is 10.6 Å². The van der Waals surface area contributed by atoms with E-state index >= 15 is 0 Å². The summed E-state index contributed by atoms with van der Waals surface area (Å²) in [6.07, 6.45) is 1.39. The molecule has 0 amide bonds. The number of aryl methyl sites for hydroxylation is 2. The first-order chi connectivity index (χ1) is 11.9. The molecule has 0 aliphatic carbocycles. The number of nitrogens with zero attached hydrogens (tertiary/aromatic N) is 3. The molecule has 0 atom stereocenters. The molecular formula is C17H14ClF2N5. The third-order valence-electron chi connectivity index (χ3n) is 3.44. The van der Waals surface area contributed by atoms with Gasteiger partial charge in [-0.15, -0.1) is 5.10 Å². The normalized spacial score (nSPS) is 10.6. The van der Waals surface area contributed by atoms with Crippen LogP contribution < -0.4 is 10.6 Å². The Balaban J connectivity index is 1.88. The quantitative estimate of drug-likeness (QED) is 0.691. The third-order valence-corrected chi connectivity index (χ3v) is 3.74. The summed E-state index contributed by atoms with van der Waals surface area (Å²) in [5.74, 6) is -1.21. The van der Waals surface area contributed by atoms with Crippen molar-refractivity contribution in [1.29, 1.82) is 0 Å². The second-order valence-corrected chi connectivity index (χ2v) is 5.86. The van der Waals surface area contributed by atoms with Gasteiger partial charge in [0, 0.05) is 0 Å². The Labute approximate surface area is 148 Å². The minimum atomic E-state index is -0.751. The molecule has 0 bridgehead atoms. The van der Waals surface area contributed by atoms with E-state index in [1.165, 1.54) is 12.3 Å². The molecule has 0 fully saturated rings. The van der Waals surface area contributed by atoms with Gasteiger partial charge in [-0.2, -0.15) is 10.1 Å². The second-order valence-electron chi connectivity index (χ2n) is 5.45. The Kier molecular flexibility index (Phi) is 4.76. The van der Waals surface area contributed by atoms with Crippen LogP contribution in [0, 0.1) is 25.5 Å². The molecule has 0 spiro atoms. The third kappa shape index (κ3) is 3.83. The van der Waals surface area contributed by atoms with Gasteiger partial charge in [-0.1, -0.05) is 23.7 Å². The van der Waals surface area contributed by atoms with Gasteiger partial charge in [-0.05, 0) is 43.2 Å². The van der Waals surface area contributed by atoms with E-state index in [-0.39, 0.29) is 11.6 Å². The van der Waals surface area contributed by atoms with Gasteiger partial charge in [-0.25, -0.2) is 8.78 Å². The van der Waals surface area contributed by atoms with Gasteiger partial charge >= 0.3 is 0 Å². The number of hydrogen-bond acceptors (Lipinski definition) is 5. The largest absolute Gasteiger partial charge is 0.337 e. The van der Waals surface area contributed by atoms with Crippen LogP contribution in [0.5, 0.6) is 0 Å². The Morgan fingerprint density at radius 1 is 1.00 bits per heavy atom. The van der Waals surface area contributed by atoms with Crippen molar-refractivity contribution in [3.8, 4) is 0 Å². The van der Waals surface area contributed by atoms with Crippen LogP contribution in [0.25, 0.3) is 0 Å². The molecule has 5 nitrogen and oxygen atoms in total.